The fourth-order valence-corrected chi connectivity index (χ4v) is 5.08. The van der Waals surface area contributed by atoms with Crippen LogP contribution < -0.4 is 20.7 Å². The van der Waals surface area contributed by atoms with E-state index in [0.29, 0.717) is 32.5 Å². The lowest BCUT2D eigenvalue weighted by Gasteiger charge is -2.34. The lowest BCUT2D eigenvalue weighted by Crippen LogP contribution is -2.58. The van der Waals surface area contributed by atoms with Gasteiger partial charge in [-0.3, -0.25) is 14.4 Å². The van der Waals surface area contributed by atoms with Crippen molar-refractivity contribution < 1.29 is 19.1 Å². The zero-order valence-corrected chi connectivity index (χ0v) is 24.4. The van der Waals surface area contributed by atoms with Crippen LogP contribution in [0.5, 0.6) is 5.75 Å². The minimum Gasteiger partial charge on any atom is -0.492 e. The summed E-state index contributed by atoms with van der Waals surface area (Å²) in [6, 6.07) is 15.7. The molecule has 3 N–H and O–H groups in total. The zero-order chi connectivity index (χ0) is 28.9. The lowest BCUT2D eigenvalue weighted by atomic mass is 9.96. The van der Waals surface area contributed by atoms with Gasteiger partial charge in [-0.1, -0.05) is 82.1 Å². The van der Waals surface area contributed by atoms with E-state index in [9.17, 15) is 14.4 Å². The van der Waals surface area contributed by atoms with E-state index in [0.717, 1.165) is 42.6 Å². The summed E-state index contributed by atoms with van der Waals surface area (Å²) >= 11 is 0. The molecule has 0 aliphatic carbocycles. The van der Waals surface area contributed by atoms with Crippen LogP contribution in [-0.4, -0.2) is 67.5 Å². The number of ether oxygens (including phenoxy) is 1. The summed E-state index contributed by atoms with van der Waals surface area (Å²) in [6.45, 7) is 7.48. The second kappa shape index (κ2) is 16.0. The lowest BCUT2D eigenvalue weighted by molar-refractivity contribution is -0.142. The van der Waals surface area contributed by atoms with Gasteiger partial charge in [0.2, 0.25) is 17.7 Å². The standard InChI is InChI=1S/C32H46N4O4/c1-5-13-27-31(38)35-26(22-24-14-8-7-9-15-24)30(37)34-19-12-17-25-16-10-11-18-28(25)40-21-20-33-29(23(3)6-2)32(39)36(27)4/h7-11,14-16,18,23,26-27,29,33H,5-6,12-13,17,19-22H2,1-4H3,(H,34,37)(H,35,38). The Morgan fingerprint density at radius 2 is 1.70 bits per heavy atom. The molecule has 1 aliphatic heterocycles. The van der Waals surface area contributed by atoms with Crippen molar-refractivity contribution in [3.05, 3.63) is 65.7 Å². The van der Waals surface area contributed by atoms with E-state index in [-0.39, 0.29) is 23.6 Å². The second-order valence-corrected chi connectivity index (χ2v) is 10.7. The topological polar surface area (TPSA) is 99.8 Å². The van der Waals surface area contributed by atoms with Gasteiger partial charge in [0.1, 0.15) is 24.4 Å². The van der Waals surface area contributed by atoms with Crippen molar-refractivity contribution in [2.24, 2.45) is 5.92 Å². The van der Waals surface area contributed by atoms with E-state index >= 15 is 0 Å². The van der Waals surface area contributed by atoms with Gasteiger partial charge < -0.3 is 25.6 Å². The van der Waals surface area contributed by atoms with Gasteiger partial charge in [0.15, 0.2) is 0 Å². The first kappa shape index (κ1) is 31.1. The normalized spacial score (nSPS) is 22.6. The van der Waals surface area contributed by atoms with Gasteiger partial charge in [-0.25, -0.2) is 0 Å². The molecule has 0 fully saturated rings. The number of hydrogen-bond acceptors (Lipinski definition) is 5. The minimum atomic E-state index is -0.754. The first-order chi connectivity index (χ1) is 19.3. The number of likely N-dealkylation sites (N-methyl/N-ethyl adjacent to an activating group) is 1. The van der Waals surface area contributed by atoms with Crippen LogP contribution in [0.1, 0.15) is 57.6 Å². The summed E-state index contributed by atoms with van der Waals surface area (Å²) in [6.07, 6.45) is 3.88. The largest absolute Gasteiger partial charge is 0.492 e. The van der Waals surface area contributed by atoms with Crippen LogP contribution in [0.15, 0.2) is 54.6 Å². The molecule has 8 heteroatoms. The zero-order valence-electron chi connectivity index (χ0n) is 24.4. The third kappa shape index (κ3) is 8.81. The van der Waals surface area contributed by atoms with Crippen LogP contribution in [0, 0.1) is 5.92 Å². The highest BCUT2D eigenvalue weighted by molar-refractivity contribution is 5.93. The molecule has 0 spiro atoms. The number of nitrogens with zero attached hydrogens (tertiary/aromatic N) is 1. The first-order valence-corrected chi connectivity index (χ1v) is 14.7. The van der Waals surface area contributed by atoms with Crippen LogP contribution in [0.25, 0.3) is 0 Å². The number of benzene rings is 2. The minimum absolute atomic E-state index is 0.0646. The van der Waals surface area contributed by atoms with Crippen molar-refractivity contribution in [1.82, 2.24) is 20.9 Å². The number of hydrogen-bond donors (Lipinski definition) is 3. The van der Waals surface area contributed by atoms with Gasteiger partial charge in [-0.2, -0.15) is 0 Å². The van der Waals surface area contributed by atoms with Crippen molar-refractivity contribution in [1.29, 1.82) is 0 Å². The van der Waals surface area contributed by atoms with Crippen molar-refractivity contribution in [3.8, 4) is 5.75 Å². The fourth-order valence-electron chi connectivity index (χ4n) is 5.08. The Morgan fingerprint density at radius 3 is 2.42 bits per heavy atom. The van der Waals surface area contributed by atoms with Crippen LogP contribution >= 0.6 is 0 Å². The third-order valence-corrected chi connectivity index (χ3v) is 7.69. The Morgan fingerprint density at radius 1 is 0.975 bits per heavy atom. The third-order valence-electron chi connectivity index (χ3n) is 7.69. The summed E-state index contributed by atoms with van der Waals surface area (Å²) in [4.78, 5) is 42.3. The van der Waals surface area contributed by atoms with E-state index in [1.54, 1.807) is 11.9 Å². The van der Waals surface area contributed by atoms with Gasteiger partial charge in [0.25, 0.3) is 0 Å². The molecule has 3 rings (SSSR count). The molecule has 0 saturated heterocycles. The van der Waals surface area contributed by atoms with Crippen molar-refractivity contribution in [2.45, 2.75) is 77.4 Å². The van der Waals surface area contributed by atoms with Crippen molar-refractivity contribution in [3.63, 3.8) is 0 Å². The maximum atomic E-state index is 13.8. The van der Waals surface area contributed by atoms with E-state index in [1.807, 2.05) is 68.4 Å². The molecule has 2 aromatic carbocycles. The molecule has 0 bridgehead atoms. The van der Waals surface area contributed by atoms with Crippen molar-refractivity contribution in [2.75, 3.05) is 26.7 Å². The number of amides is 3. The Labute approximate surface area is 239 Å². The quantitative estimate of drug-likeness (QED) is 0.512. The highest BCUT2D eigenvalue weighted by Gasteiger charge is 2.34. The Hall–Kier alpha value is -3.39. The number of fused-ring (bicyclic) bond motifs is 1. The SMILES string of the molecule is CCCC1C(=O)NC(Cc2ccccc2)C(=O)NCCCc2ccccc2OCCNC(C(C)CC)C(=O)N1C. The maximum absolute atomic E-state index is 13.8. The summed E-state index contributed by atoms with van der Waals surface area (Å²) in [5, 5.41) is 9.41. The first-order valence-electron chi connectivity index (χ1n) is 14.7. The predicted molar refractivity (Wildman–Crippen MR) is 158 cm³/mol. The molecule has 40 heavy (non-hydrogen) atoms. The highest BCUT2D eigenvalue weighted by Crippen LogP contribution is 2.20. The van der Waals surface area contributed by atoms with E-state index in [4.69, 9.17) is 4.74 Å². The molecule has 0 aromatic heterocycles. The average Bonchev–Trinajstić information content (AvgIpc) is 2.97. The number of carbonyl (C=O) groups excluding carboxylic acids is 3. The van der Waals surface area contributed by atoms with E-state index < -0.39 is 18.1 Å². The summed E-state index contributed by atoms with van der Waals surface area (Å²) in [5.74, 6) is 0.210. The van der Waals surface area contributed by atoms with Crippen LogP contribution in [0.3, 0.4) is 0 Å². The summed E-state index contributed by atoms with van der Waals surface area (Å²) in [7, 11) is 1.69. The Balaban J connectivity index is 1.90. The maximum Gasteiger partial charge on any atom is 0.243 e. The number of nitrogens with one attached hydrogen (secondary N) is 3. The molecule has 0 radical (unpaired) electrons. The molecule has 3 amide bonds. The predicted octanol–water partition coefficient (Wildman–Crippen LogP) is 3.49. The molecule has 4 unspecified atom stereocenters. The summed E-state index contributed by atoms with van der Waals surface area (Å²) < 4.78 is 6.10. The molecule has 218 valence electrons. The highest BCUT2D eigenvalue weighted by atomic mass is 16.5. The van der Waals surface area contributed by atoms with Crippen molar-refractivity contribution >= 4 is 17.7 Å². The van der Waals surface area contributed by atoms with Gasteiger partial charge >= 0.3 is 0 Å². The molecule has 1 aliphatic rings. The monoisotopic (exact) mass is 550 g/mol. The Bertz CT molecular complexity index is 1090. The second-order valence-electron chi connectivity index (χ2n) is 10.7. The Kier molecular flexibility index (Phi) is 12.5. The smallest absolute Gasteiger partial charge is 0.243 e. The van der Waals surface area contributed by atoms with Gasteiger partial charge in [0.05, 0.1) is 6.04 Å². The fraction of sp³-hybridized carbons (Fsp3) is 0.531. The molecule has 0 saturated carbocycles. The molecule has 4 atom stereocenters. The molecule has 1 heterocycles. The number of para-hydroxylation sites is 1. The summed E-state index contributed by atoms with van der Waals surface area (Å²) in [5.41, 5.74) is 2.03. The van der Waals surface area contributed by atoms with Gasteiger partial charge in [0, 0.05) is 26.6 Å². The van der Waals surface area contributed by atoms with E-state index in [1.165, 1.54) is 0 Å². The van der Waals surface area contributed by atoms with Crippen LogP contribution in [0.2, 0.25) is 0 Å². The molecule has 8 nitrogen and oxygen atoms in total. The number of carbonyl (C=O) groups is 3. The molecular weight excluding hydrogens is 504 g/mol. The number of aryl methyl sites for hydroxylation is 1. The van der Waals surface area contributed by atoms with Gasteiger partial charge in [-0.15, -0.1) is 0 Å². The van der Waals surface area contributed by atoms with E-state index in [2.05, 4.69) is 22.9 Å². The van der Waals surface area contributed by atoms with Crippen LogP contribution in [-0.2, 0) is 27.2 Å². The van der Waals surface area contributed by atoms with Crippen LogP contribution in [0.4, 0.5) is 0 Å². The molecule has 2 aromatic rings. The van der Waals surface area contributed by atoms with Gasteiger partial charge in [-0.05, 0) is 42.4 Å². The average molecular weight is 551 g/mol. The number of rotatable bonds is 6. The molecular formula is C32H46N4O4.